The molecule has 0 bridgehead atoms. The maximum absolute atomic E-state index is 3.05. The van der Waals surface area contributed by atoms with Crippen molar-refractivity contribution in [2.45, 2.75) is 33.1 Å². The Morgan fingerprint density at radius 3 is 1.61 bits per heavy atom. The van der Waals surface area contributed by atoms with E-state index in [2.05, 4.69) is 74.2 Å². The number of aryl methyl sites for hydroxylation is 2. The van der Waals surface area contributed by atoms with E-state index in [0.717, 1.165) is 12.8 Å². The Morgan fingerprint density at radius 2 is 1.17 bits per heavy atom. The molecule has 23 heavy (non-hydrogen) atoms. The fourth-order valence-corrected chi connectivity index (χ4v) is 2.32. The van der Waals surface area contributed by atoms with E-state index in [1.165, 1.54) is 28.7 Å². The maximum atomic E-state index is 3.05. The summed E-state index contributed by atoms with van der Waals surface area (Å²) in [6, 6.07) is 17.3. The molecule has 0 aliphatic rings. The summed E-state index contributed by atoms with van der Waals surface area (Å²) in [5, 5.41) is 0. The Kier molecular flexibility index (Phi) is 6.95. The van der Waals surface area contributed by atoms with Crippen molar-refractivity contribution in [2.24, 2.45) is 0 Å². The van der Waals surface area contributed by atoms with E-state index in [-0.39, 0.29) is 0 Å². The van der Waals surface area contributed by atoms with Crippen molar-refractivity contribution in [2.75, 3.05) is 0 Å². The summed E-state index contributed by atoms with van der Waals surface area (Å²) in [5.41, 5.74) is 5.14. The molecule has 0 unspecified atom stereocenters. The summed E-state index contributed by atoms with van der Waals surface area (Å²) in [5.74, 6) is 6.10. The van der Waals surface area contributed by atoms with Crippen LogP contribution in [0, 0.1) is 11.8 Å². The number of benzene rings is 2. The molecule has 2 rings (SSSR count). The molecule has 2 aromatic rings. The molecule has 116 valence electrons. The van der Waals surface area contributed by atoms with Crippen LogP contribution in [-0.2, 0) is 12.8 Å². The van der Waals surface area contributed by atoms with Gasteiger partial charge in [-0.3, -0.25) is 0 Å². The van der Waals surface area contributed by atoms with Gasteiger partial charge in [-0.1, -0.05) is 80.6 Å². The third-order valence-corrected chi connectivity index (χ3v) is 3.71. The molecular weight excluding hydrogens is 276 g/mol. The standard InChI is InChI=1S/C23H24/c1-3-9-21-16-18-23(19-17-21)11-8-6-5-7-10-22-14-12-20(4-2)13-15-22/h7-8,10-19H,3-4,9H2,1-2H3. The van der Waals surface area contributed by atoms with Gasteiger partial charge in [0, 0.05) is 0 Å². The number of hydrogen-bond donors (Lipinski definition) is 0. The van der Waals surface area contributed by atoms with Gasteiger partial charge in [0.15, 0.2) is 0 Å². The second kappa shape index (κ2) is 9.49. The highest BCUT2D eigenvalue weighted by molar-refractivity contribution is 5.56. The van der Waals surface area contributed by atoms with E-state index in [4.69, 9.17) is 0 Å². The lowest BCUT2D eigenvalue weighted by Gasteiger charge is -1.98. The van der Waals surface area contributed by atoms with Gasteiger partial charge < -0.3 is 0 Å². The third-order valence-electron chi connectivity index (χ3n) is 3.71. The van der Waals surface area contributed by atoms with Crippen LogP contribution in [0.25, 0.3) is 12.2 Å². The maximum Gasteiger partial charge on any atom is -0.0109 e. The largest absolute Gasteiger partial charge is 0.0702 e. The topological polar surface area (TPSA) is 0 Å². The van der Waals surface area contributed by atoms with E-state index < -0.39 is 0 Å². The number of hydrogen-bond acceptors (Lipinski definition) is 0. The number of allylic oxidation sites excluding steroid dienone is 2. The monoisotopic (exact) mass is 300 g/mol. The Morgan fingerprint density at radius 1 is 0.696 bits per heavy atom. The first kappa shape index (κ1) is 16.8. The molecule has 0 amide bonds. The summed E-state index contributed by atoms with van der Waals surface area (Å²) in [6.07, 6.45) is 11.3. The van der Waals surface area contributed by atoms with Gasteiger partial charge in [0.1, 0.15) is 0 Å². The molecule has 0 aromatic heterocycles. The van der Waals surface area contributed by atoms with Gasteiger partial charge >= 0.3 is 0 Å². The average molecular weight is 300 g/mol. The first-order valence-electron chi connectivity index (χ1n) is 8.34. The molecule has 0 atom stereocenters. The van der Waals surface area contributed by atoms with Gasteiger partial charge in [0.2, 0.25) is 0 Å². The highest BCUT2D eigenvalue weighted by Crippen LogP contribution is 2.08. The van der Waals surface area contributed by atoms with Gasteiger partial charge in [0.05, 0.1) is 0 Å². The molecular formula is C23H24. The highest BCUT2D eigenvalue weighted by Gasteiger charge is 1.90. The molecule has 0 N–H and O–H groups in total. The first-order valence-corrected chi connectivity index (χ1v) is 8.34. The predicted molar refractivity (Wildman–Crippen MR) is 102 cm³/mol. The van der Waals surface area contributed by atoms with Gasteiger partial charge in [-0.25, -0.2) is 0 Å². The molecule has 0 heteroatoms. The molecule has 0 aliphatic carbocycles. The summed E-state index contributed by atoms with van der Waals surface area (Å²) in [6.45, 7) is 4.37. The fourth-order valence-electron chi connectivity index (χ4n) is 2.32. The quantitative estimate of drug-likeness (QED) is 0.600. The summed E-state index contributed by atoms with van der Waals surface area (Å²) in [4.78, 5) is 0. The minimum absolute atomic E-state index is 1.08. The van der Waals surface area contributed by atoms with Crippen LogP contribution >= 0.6 is 0 Å². The Bertz CT molecular complexity index is 701. The van der Waals surface area contributed by atoms with Gasteiger partial charge in [-0.05, 0) is 59.4 Å². The van der Waals surface area contributed by atoms with Crippen LogP contribution in [0.4, 0.5) is 0 Å². The Hall–Kier alpha value is -2.52. The number of rotatable bonds is 5. The molecule has 0 saturated heterocycles. The molecule has 0 aliphatic heterocycles. The zero-order chi connectivity index (χ0) is 16.3. The van der Waals surface area contributed by atoms with Crippen LogP contribution in [-0.4, -0.2) is 0 Å². The summed E-state index contributed by atoms with van der Waals surface area (Å²) in [7, 11) is 0. The normalized spacial score (nSPS) is 10.9. The van der Waals surface area contributed by atoms with Crippen LogP contribution in [0.1, 0.15) is 42.5 Å². The van der Waals surface area contributed by atoms with Crippen LogP contribution in [0.5, 0.6) is 0 Å². The molecule has 0 fully saturated rings. The van der Waals surface area contributed by atoms with E-state index in [1.54, 1.807) is 0 Å². The van der Waals surface area contributed by atoms with Crippen molar-refractivity contribution in [1.29, 1.82) is 0 Å². The van der Waals surface area contributed by atoms with Gasteiger partial charge in [-0.15, -0.1) is 0 Å². The second-order valence-corrected chi connectivity index (χ2v) is 5.54. The summed E-state index contributed by atoms with van der Waals surface area (Å²) >= 11 is 0. The van der Waals surface area contributed by atoms with Crippen molar-refractivity contribution < 1.29 is 0 Å². The van der Waals surface area contributed by atoms with E-state index in [9.17, 15) is 0 Å². The fraction of sp³-hybridized carbons (Fsp3) is 0.217. The van der Waals surface area contributed by atoms with E-state index >= 15 is 0 Å². The lowest BCUT2D eigenvalue weighted by molar-refractivity contribution is 0.922. The average Bonchev–Trinajstić information content (AvgIpc) is 2.60. The minimum atomic E-state index is 1.08. The summed E-state index contributed by atoms with van der Waals surface area (Å²) < 4.78 is 0. The minimum Gasteiger partial charge on any atom is -0.0702 e. The smallest absolute Gasteiger partial charge is 0.0109 e. The molecule has 2 aromatic carbocycles. The third kappa shape index (κ3) is 6.01. The van der Waals surface area contributed by atoms with Crippen molar-refractivity contribution in [3.8, 4) is 11.8 Å². The van der Waals surface area contributed by atoms with Crippen molar-refractivity contribution in [3.05, 3.63) is 82.9 Å². The van der Waals surface area contributed by atoms with Crippen molar-refractivity contribution in [1.82, 2.24) is 0 Å². The van der Waals surface area contributed by atoms with Gasteiger partial charge in [0.25, 0.3) is 0 Å². The van der Waals surface area contributed by atoms with Crippen LogP contribution in [0.3, 0.4) is 0 Å². The predicted octanol–water partition coefficient (Wildman–Crippen LogP) is 5.93. The van der Waals surface area contributed by atoms with Crippen molar-refractivity contribution in [3.63, 3.8) is 0 Å². The lowest BCUT2D eigenvalue weighted by atomic mass is 10.1. The molecule has 0 heterocycles. The van der Waals surface area contributed by atoms with Crippen LogP contribution < -0.4 is 0 Å². The lowest BCUT2D eigenvalue weighted by Crippen LogP contribution is -1.81. The first-order chi connectivity index (χ1) is 11.3. The van der Waals surface area contributed by atoms with Crippen molar-refractivity contribution >= 4 is 12.2 Å². The van der Waals surface area contributed by atoms with Crippen LogP contribution in [0.2, 0.25) is 0 Å². The molecule has 0 saturated carbocycles. The second-order valence-electron chi connectivity index (χ2n) is 5.54. The van der Waals surface area contributed by atoms with E-state index in [1.807, 2.05) is 24.3 Å². The van der Waals surface area contributed by atoms with Crippen LogP contribution in [0.15, 0.2) is 60.7 Å². The SMILES string of the molecule is CCCc1ccc(C=CC#CC=Cc2ccc(CC)cc2)cc1. The molecule has 0 radical (unpaired) electrons. The zero-order valence-corrected chi connectivity index (χ0v) is 14.0. The highest BCUT2D eigenvalue weighted by atomic mass is 14.0. The Labute approximate surface area is 140 Å². The van der Waals surface area contributed by atoms with Gasteiger partial charge in [-0.2, -0.15) is 0 Å². The molecule has 0 nitrogen and oxygen atoms in total. The van der Waals surface area contributed by atoms with E-state index in [0.29, 0.717) is 0 Å². The molecule has 0 spiro atoms. The zero-order valence-electron chi connectivity index (χ0n) is 14.0. The Balaban J connectivity index is 1.87.